The molecular weight excluding hydrogens is 218 g/mol. The van der Waals surface area contributed by atoms with Crippen LogP contribution in [0.5, 0.6) is 0 Å². The van der Waals surface area contributed by atoms with Gasteiger partial charge in [0.15, 0.2) is 0 Å². The zero-order valence-electron chi connectivity index (χ0n) is 9.86. The summed E-state index contributed by atoms with van der Waals surface area (Å²) in [6.07, 6.45) is 0.0172. The van der Waals surface area contributed by atoms with Crippen molar-refractivity contribution in [3.63, 3.8) is 0 Å². The highest BCUT2D eigenvalue weighted by Crippen LogP contribution is 2.34. The minimum Gasteiger partial charge on any atom is -0.481 e. The lowest BCUT2D eigenvalue weighted by Crippen LogP contribution is -2.27. The van der Waals surface area contributed by atoms with Crippen LogP contribution in [-0.4, -0.2) is 17.0 Å². The highest BCUT2D eigenvalue weighted by Gasteiger charge is 2.30. The van der Waals surface area contributed by atoms with Gasteiger partial charge in [0.05, 0.1) is 5.92 Å². The summed E-state index contributed by atoms with van der Waals surface area (Å²) in [7, 11) is 0. The number of carboxylic acid groups (broad SMARTS) is 1. The topological polar surface area (TPSA) is 66.4 Å². The molecule has 0 fully saturated rings. The summed E-state index contributed by atoms with van der Waals surface area (Å²) in [4.78, 5) is 22.5. The van der Waals surface area contributed by atoms with Gasteiger partial charge in [-0.1, -0.05) is 26.0 Å². The lowest BCUT2D eigenvalue weighted by molar-refractivity contribution is -0.140. The predicted octanol–water partition coefficient (Wildman–Crippen LogP) is 2.32. The smallest absolute Gasteiger partial charge is 0.311 e. The molecule has 2 rings (SSSR count). The number of rotatable bonds is 2. The van der Waals surface area contributed by atoms with Crippen LogP contribution in [0.1, 0.15) is 43.2 Å². The molecule has 4 heteroatoms. The second kappa shape index (κ2) is 4.20. The van der Waals surface area contributed by atoms with Crippen molar-refractivity contribution in [1.82, 2.24) is 0 Å². The molecule has 1 atom stereocenters. The first-order valence-electron chi connectivity index (χ1n) is 5.65. The van der Waals surface area contributed by atoms with Crippen LogP contribution in [0.15, 0.2) is 18.2 Å². The van der Waals surface area contributed by atoms with E-state index < -0.39 is 11.9 Å². The van der Waals surface area contributed by atoms with Crippen LogP contribution < -0.4 is 5.32 Å². The van der Waals surface area contributed by atoms with Gasteiger partial charge >= 0.3 is 5.97 Å². The number of carboxylic acids is 1. The Morgan fingerprint density at radius 3 is 2.76 bits per heavy atom. The molecule has 0 aliphatic carbocycles. The third-order valence-corrected chi connectivity index (χ3v) is 3.08. The third kappa shape index (κ3) is 2.16. The van der Waals surface area contributed by atoms with E-state index in [4.69, 9.17) is 5.11 Å². The van der Waals surface area contributed by atoms with Crippen LogP contribution in [0.2, 0.25) is 0 Å². The maximum Gasteiger partial charge on any atom is 0.311 e. The highest BCUT2D eigenvalue weighted by atomic mass is 16.4. The molecule has 90 valence electrons. The number of amides is 1. The first kappa shape index (κ1) is 11.6. The van der Waals surface area contributed by atoms with Crippen molar-refractivity contribution in [2.45, 2.75) is 32.1 Å². The van der Waals surface area contributed by atoms with Gasteiger partial charge in [-0.2, -0.15) is 0 Å². The van der Waals surface area contributed by atoms with E-state index in [0.717, 1.165) is 5.56 Å². The number of anilines is 1. The normalized spacial score (nSPS) is 18.8. The number of carbonyl (C=O) groups excluding carboxylic acids is 1. The van der Waals surface area contributed by atoms with E-state index in [2.05, 4.69) is 19.2 Å². The summed E-state index contributed by atoms with van der Waals surface area (Å²) in [5.74, 6) is -1.55. The first-order valence-corrected chi connectivity index (χ1v) is 5.65. The van der Waals surface area contributed by atoms with Gasteiger partial charge in [0, 0.05) is 12.1 Å². The van der Waals surface area contributed by atoms with Gasteiger partial charge in [-0.3, -0.25) is 9.59 Å². The van der Waals surface area contributed by atoms with E-state index in [1.54, 1.807) is 0 Å². The molecule has 1 aromatic carbocycles. The Kier molecular flexibility index (Phi) is 2.88. The van der Waals surface area contributed by atoms with Crippen LogP contribution in [0, 0.1) is 0 Å². The summed E-state index contributed by atoms with van der Waals surface area (Å²) in [5.41, 5.74) is 2.43. The van der Waals surface area contributed by atoms with Crippen LogP contribution in [0.3, 0.4) is 0 Å². The van der Waals surface area contributed by atoms with Crippen molar-refractivity contribution in [3.05, 3.63) is 29.3 Å². The molecule has 2 N–H and O–H groups in total. The Morgan fingerprint density at radius 1 is 1.47 bits per heavy atom. The molecule has 0 spiro atoms. The van der Waals surface area contributed by atoms with Crippen molar-refractivity contribution >= 4 is 17.6 Å². The van der Waals surface area contributed by atoms with Crippen molar-refractivity contribution in [3.8, 4) is 0 Å². The Balaban J connectivity index is 2.47. The fourth-order valence-corrected chi connectivity index (χ4v) is 2.06. The standard InChI is InChI=1S/C13H15NO3/c1-7(2)8-3-4-9-10(13(16)17)6-12(15)14-11(9)5-8/h3-5,7,10H,6H2,1-2H3,(H,14,15)(H,16,17). The summed E-state index contributed by atoms with van der Waals surface area (Å²) >= 11 is 0. The number of fused-ring (bicyclic) bond motifs is 1. The molecule has 1 unspecified atom stereocenters. The Morgan fingerprint density at radius 2 is 2.18 bits per heavy atom. The maximum atomic E-state index is 11.4. The van der Waals surface area contributed by atoms with Gasteiger partial charge in [-0.05, 0) is 23.1 Å². The molecule has 0 saturated carbocycles. The zero-order chi connectivity index (χ0) is 12.6. The summed E-state index contributed by atoms with van der Waals surface area (Å²) in [6, 6.07) is 5.60. The third-order valence-electron chi connectivity index (χ3n) is 3.08. The van der Waals surface area contributed by atoms with Crippen LogP contribution >= 0.6 is 0 Å². The summed E-state index contributed by atoms with van der Waals surface area (Å²) in [5, 5.41) is 11.8. The van der Waals surface area contributed by atoms with E-state index in [1.165, 1.54) is 0 Å². The van der Waals surface area contributed by atoms with Gasteiger partial charge < -0.3 is 10.4 Å². The van der Waals surface area contributed by atoms with Gasteiger partial charge in [0.1, 0.15) is 0 Å². The quantitative estimate of drug-likeness (QED) is 0.823. The molecule has 1 aromatic rings. The molecule has 1 heterocycles. The molecule has 1 aliphatic heterocycles. The summed E-state index contributed by atoms with van der Waals surface area (Å²) < 4.78 is 0. The first-order chi connectivity index (χ1) is 7.99. The number of carbonyl (C=O) groups is 2. The Bertz CT molecular complexity index is 480. The van der Waals surface area contributed by atoms with Gasteiger partial charge in [-0.25, -0.2) is 0 Å². The molecule has 0 radical (unpaired) electrons. The predicted molar refractivity (Wildman–Crippen MR) is 64.2 cm³/mol. The van der Waals surface area contributed by atoms with Crippen molar-refractivity contribution in [1.29, 1.82) is 0 Å². The largest absolute Gasteiger partial charge is 0.481 e. The van der Waals surface area contributed by atoms with E-state index in [1.807, 2.05) is 18.2 Å². The van der Waals surface area contributed by atoms with Crippen LogP contribution in [0.4, 0.5) is 5.69 Å². The monoisotopic (exact) mass is 233 g/mol. The minimum atomic E-state index is -0.946. The van der Waals surface area contributed by atoms with Gasteiger partial charge in [0.25, 0.3) is 0 Å². The van der Waals surface area contributed by atoms with Crippen molar-refractivity contribution in [2.24, 2.45) is 0 Å². The lowest BCUT2D eigenvalue weighted by Gasteiger charge is -2.23. The molecule has 0 bridgehead atoms. The average molecular weight is 233 g/mol. The maximum absolute atomic E-state index is 11.4. The zero-order valence-corrected chi connectivity index (χ0v) is 9.86. The molecule has 1 aliphatic rings. The van der Waals surface area contributed by atoms with Crippen LogP contribution in [0.25, 0.3) is 0 Å². The van der Waals surface area contributed by atoms with E-state index in [9.17, 15) is 9.59 Å². The van der Waals surface area contributed by atoms with Crippen molar-refractivity contribution in [2.75, 3.05) is 5.32 Å². The number of hydrogen-bond acceptors (Lipinski definition) is 2. The van der Waals surface area contributed by atoms with Gasteiger partial charge in [0.2, 0.25) is 5.91 Å². The minimum absolute atomic E-state index is 0.0172. The van der Waals surface area contributed by atoms with E-state index in [0.29, 0.717) is 17.2 Å². The fourth-order valence-electron chi connectivity index (χ4n) is 2.06. The number of nitrogens with one attached hydrogen (secondary N) is 1. The molecular formula is C13H15NO3. The number of aliphatic carboxylic acids is 1. The SMILES string of the molecule is CC(C)c1ccc2c(c1)NC(=O)CC2C(=O)O. The molecule has 0 saturated heterocycles. The Labute approximate surface area is 99.6 Å². The second-order valence-electron chi connectivity index (χ2n) is 4.64. The number of hydrogen-bond donors (Lipinski definition) is 2. The number of benzene rings is 1. The van der Waals surface area contributed by atoms with E-state index >= 15 is 0 Å². The highest BCUT2D eigenvalue weighted by molar-refractivity contribution is 5.99. The molecule has 1 amide bonds. The molecule has 4 nitrogen and oxygen atoms in total. The fraction of sp³-hybridized carbons (Fsp3) is 0.385. The summed E-state index contributed by atoms with van der Waals surface area (Å²) in [6.45, 7) is 4.11. The van der Waals surface area contributed by atoms with Gasteiger partial charge in [-0.15, -0.1) is 0 Å². The van der Waals surface area contributed by atoms with E-state index in [-0.39, 0.29) is 12.3 Å². The van der Waals surface area contributed by atoms with Crippen LogP contribution in [-0.2, 0) is 9.59 Å². The molecule has 17 heavy (non-hydrogen) atoms. The van der Waals surface area contributed by atoms with Crippen molar-refractivity contribution < 1.29 is 14.7 Å². The average Bonchev–Trinajstić information content (AvgIpc) is 2.26. The second-order valence-corrected chi connectivity index (χ2v) is 4.64. The molecule has 0 aromatic heterocycles. The lowest BCUT2D eigenvalue weighted by atomic mass is 9.88. The Hall–Kier alpha value is -1.84.